The molecule has 2 aromatic heterocycles. The largest absolute Gasteiger partial charge is 0.328 e. The van der Waals surface area contributed by atoms with Crippen molar-refractivity contribution in [3.8, 4) is 5.69 Å². The predicted molar refractivity (Wildman–Crippen MR) is 119 cm³/mol. The Kier molecular flexibility index (Phi) is 4.84. The SMILES string of the molecule is Cc1[nH]n(-c2ccc(Cl)cc2)c(=O)c1C=Nc1cc2c(cc1Br)n(C)c(=O)n2C. The number of nitrogens with zero attached hydrogens (tertiary/aromatic N) is 4. The van der Waals surface area contributed by atoms with E-state index in [1.165, 1.54) is 10.9 Å². The Morgan fingerprint density at radius 1 is 1.07 bits per heavy atom. The minimum atomic E-state index is -0.210. The fourth-order valence-corrected chi connectivity index (χ4v) is 3.78. The average molecular weight is 475 g/mol. The van der Waals surface area contributed by atoms with Crippen LogP contribution in [0.3, 0.4) is 0 Å². The Labute approximate surface area is 179 Å². The molecular formula is C20H17BrClN5O2. The molecule has 0 fully saturated rings. The maximum absolute atomic E-state index is 12.8. The van der Waals surface area contributed by atoms with Crippen LogP contribution in [-0.4, -0.2) is 25.1 Å². The quantitative estimate of drug-likeness (QED) is 0.458. The van der Waals surface area contributed by atoms with Crippen LogP contribution in [0, 0.1) is 6.92 Å². The van der Waals surface area contributed by atoms with E-state index in [1.807, 2.05) is 19.1 Å². The van der Waals surface area contributed by atoms with Crippen molar-refractivity contribution in [2.45, 2.75) is 6.92 Å². The van der Waals surface area contributed by atoms with E-state index in [0.29, 0.717) is 27.7 Å². The normalized spacial score (nSPS) is 11.8. The first-order chi connectivity index (χ1) is 13.8. The van der Waals surface area contributed by atoms with E-state index < -0.39 is 0 Å². The first kappa shape index (κ1) is 19.5. The zero-order valence-corrected chi connectivity index (χ0v) is 18.2. The van der Waals surface area contributed by atoms with Crippen LogP contribution in [-0.2, 0) is 14.1 Å². The summed E-state index contributed by atoms with van der Waals surface area (Å²) in [5.74, 6) is 0. The first-order valence-electron chi connectivity index (χ1n) is 8.74. The number of hydrogen-bond donors (Lipinski definition) is 1. The molecule has 2 aromatic carbocycles. The first-order valence-corrected chi connectivity index (χ1v) is 9.91. The van der Waals surface area contributed by atoms with Crippen LogP contribution in [0.1, 0.15) is 11.3 Å². The number of aryl methyl sites for hydroxylation is 3. The Balaban J connectivity index is 1.78. The summed E-state index contributed by atoms with van der Waals surface area (Å²) < 4.78 is 5.32. The number of H-pyrrole nitrogens is 1. The van der Waals surface area contributed by atoms with Crippen LogP contribution in [0.25, 0.3) is 16.7 Å². The van der Waals surface area contributed by atoms with Crippen LogP contribution in [0.2, 0.25) is 5.02 Å². The molecule has 9 heteroatoms. The van der Waals surface area contributed by atoms with Crippen LogP contribution in [0.15, 0.2) is 55.5 Å². The Bertz CT molecular complexity index is 1390. The van der Waals surface area contributed by atoms with Crippen LogP contribution < -0.4 is 11.2 Å². The van der Waals surface area contributed by atoms with E-state index in [0.717, 1.165) is 15.5 Å². The number of hydrogen-bond acceptors (Lipinski definition) is 3. The summed E-state index contributed by atoms with van der Waals surface area (Å²) in [6.07, 6.45) is 1.54. The van der Waals surface area contributed by atoms with E-state index in [1.54, 1.807) is 47.5 Å². The molecule has 148 valence electrons. The fourth-order valence-electron chi connectivity index (χ4n) is 3.23. The van der Waals surface area contributed by atoms with E-state index in [-0.39, 0.29) is 11.2 Å². The molecule has 0 aliphatic heterocycles. The highest BCUT2D eigenvalue weighted by Crippen LogP contribution is 2.30. The lowest BCUT2D eigenvalue weighted by Gasteiger charge is -2.01. The maximum atomic E-state index is 12.8. The van der Waals surface area contributed by atoms with Crippen molar-refractivity contribution in [3.63, 3.8) is 0 Å². The standard InChI is InChI=1S/C20H17BrClN5O2/c1-11-14(19(28)27(24-11)13-6-4-12(22)5-7-13)10-23-16-9-18-17(8-15(16)21)25(2)20(29)26(18)3/h4-10,24H,1-3H3. The molecule has 0 saturated heterocycles. The summed E-state index contributed by atoms with van der Waals surface area (Å²) in [7, 11) is 3.44. The number of fused-ring (bicyclic) bond motifs is 1. The number of nitrogens with one attached hydrogen (secondary N) is 1. The highest BCUT2D eigenvalue weighted by molar-refractivity contribution is 9.10. The number of imidazole rings is 1. The summed E-state index contributed by atoms with van der Waals surface area (Å²) in [5.41, 5.74) is 3.69. The van der Waals surface area contributed by atoms with Crippen molar-refractivity contribution < 1.29 is 0 Å². The molecule has 0 bridgehead atoms. The summed E-state index contributed by atoms with van der Waals surface area (Å²) in [4.78, 5) is 29.5. The lowest BCUT2D eigenvalue weighted by atomic mass is 10.2. The molecule has 0 saturated carbocycles. The number of aromatic amines is 1. The molecule has 0 amide bonds. The van der Waals surface area contributed by atoms with Crippen LogP contribution in [0.4, 0.5) is 5.69 Å². The minimum absolute atomic E-state index is 0.111. The average Bonchev–Trinajstić information content (AvgIpc) is 3.09. The second-order valence-electron chi connectivity index (χ2n) is 6.72. The second-order valence-corrected chi connectivity index (χ2v) is 8.01. The molecule has 0 spiro atoms. The molecule has 2 heterocycles. The van der Waals surface area contributed by atoms with Gasteiger partial charge in [0, 0.05) is 35.5 Å². The van der Waals surface area contributed by atoms with Gasteiger partial charge in [-0.1, -0.05) is 11.6 Å². The lowest BCUT2D eigenvalue weighted by Crippen LogP contribution is -2.19. The molecule has 29 heavy (non-hydrogen) atoms. The van der Waals surface area contributed by atoms with Gasteiger partial charge < -0.3 is 0 Å². The van der Waals surface area contributed by atoms with Gasteiger partial charge >= 0.3 is 5.69 Å². The smallest absolute Gasteiger partial charge is 0.295 e. The molecule has 4 rings (SSSR count). The third kappa shape index (κ3) is 3.28. The molecule has 0 aliphatic carbocycles. The van der Waals surface area contributed by atoms with Crippen molar-refractivity contribution in [1.29, 1.82) is 0 Å². The second kappa shape index (κ2) is 7.20. The number of benzene rings is 2. The lowest BCUT2D eigenvalue weighted by molar-refractivity contribution is 0.795. The van der Waals surface area contributed by atoms with Gasteiger partial charge in [0.25, 0.3) is 5.56 Å². The Morgan fingerprint density at radius 3 is 2.34 bits per heavy atom. The predicted octanol–water partition coefficient (Wildman–Crippen LogP) is 3.83. The molecule has 0 radical (unpaired) electrons. The Morgan fingerprint density at radius 2 is 1.69 bits per heavy atom. The third-order valence-electron chi connectivity index (χ3n) is 4.88. The van der Waals surface area contributed by atoms with E-state index in [9.17, 15) is 9.59 Å². The van der Waals surface area contributed by atoms with Crippen molar-refractivity contribution in [2.75, 3.05) is 0 Å². The van der Waals surface area contributed by atoms with E-state index >= 15 is 0 Å². The summed E-state index contributed by atoms with van der Waals surface area (Å²) in [5, 5.41) is 3.66. The molecule has 7 nitrogen and oxygen atoms in total. The fraction of sp³-hybridized carbons (Fsp3) is 0.150. The monoisotopic (exact) mass is 473 g/mol. The highest BCUT2D eigenvalue weighted by atomic mass is 79.9. The molecule has 0 unspecified atom stereocenters. The summed E-state index contributed by atoms with van der Waals surface area (Å²) in [6, 6.07) is 10.6. The molecule has 0 aliphatic rings. The van der Waals surface area contributed by atoms with Crippen molar-refractivity contribution in [1.82, 2.24) is 18.9 Å². The van der Waals surface area contributed by atoms with Crippen molar-refractivity contribution in [2.24, 2.45) is 19.1 Å². The van der Waals surface area contributed by atoms with Gasteiger partial charge in [-0.25, -0.2) is 9.48 Å². The van der Waals surface area contributed by atoms with E-state index in [2.05, 4.69) is 26.0 Å². The number of halogens is 2. The zero-order chi connectivity index (χ0) is 20.9. The summed E-state index contributed by atoms with van der Waals surface area (Å²) >= 11 is 9.43. The van der Waals surface area contributed by atoms with Gasteiger partial charge in [0.05, 0.1) is 28.0 Å². The van der Waals surface area contributed by atoms with Gasteiger partial charge in [-0.2, -0.15) is 0 Å². The summed E-state index contributed by atoms with van der Waals surface area (Å²) in [6.45, 7) is 1.81. The van der Waals surface area contributed by atoms with Gasteiger partial charge in [-0.15, -0.1) is 0 Å². The topological polar surface area (TPSA) is 77.1 Å². The maximum Gasteiger partial charge on any atom is 0.328 e. The number of aliphatic imine (C=N–C) groups is 1. The molecule has 4 aromatic rings. The van der Waals surface area contributed by atoms with E-state index in [4.69, 9.17) is 11.6 Å². The van der Waals surface area contributed by atoms with Gasteiger partial charge in [0.2, 0.25) is 0 Å². The van der Waals surface area contributed by atoms with Gasteiger partial charge in [-0.05, 0) is 59.3 Å². The third-order valence-corrected chi connectivity index (χ3v) is 5.76. The van der Waals surface area contributed by atoms with Gasteiger partial charge in [-0.3, -0.25) is 24.0 Å². The molecule has 1 N–H and O–H groups in total. The molecule has 0 atom stereocenters. The van der Waals surface area contributed by atoms with Crippen LogP contribution >= 0.6 is 27.5 Å². The van der Waals surface area contributed by atoms with Crippen molar-refractivity contribution >= 4 is 50.5 Å². The Hall–Kier alpha value is -2.84. The van der Waals surface area contributed by atoms with Gasteiger partial charge in [0.1, 0.15) is 0 Å². The van der Waals surface area contributed by atoms with Gasteiger partial charge in [0.15, 0.2) is 0 Å². The molecular weight excluding hydrogens is 458 g/mol. The zero-order valence-electron chi connectivity index (χ0n) is 15.9. The van der Waals surface area contributed by atoms with Crippen molar-refractivity contribution in [3.05, 3.63) is 78.0 Å². The number of rotatable bonds is 3. The minimum Gasteiger partial charge on any atom is -0.295 e. The van der Waals surface area contributed by atoms with Crippen LogP contribution in [0.5, 0.6) is 0 Å². The number of aromatic nitrogens is 4. The highest BCUT2D eigenvalue weighted by Gasteiger charge is 2.13.